The zero-order valence-electron chi connectivity index (χ0n) is 20.7. The minimum Gasteiger partial charge on any atom is -0.353 e. The first-order chi connectivity index (χ1) is 15.6. The van der Waals surface area contributed by atoms with E-state index >= 15 is 0 Å². The molecule has 6 heteroatoms. The highest BCUT2D eigenvalue weighted by Crippen LogP contribution is 2.43. The van der Waals surface area contributed by atoms with E-state index in [-0.39, 0.29) is 29.2 Å². The van der Waals surface area contributed by atoms with Crippen LogP contribution >= 0.6 is 0 Å². The van der Waals surface area contributed by atoms with Crippen LogP contribution in [0.25, 0.3) is 0 Å². The van der Waals surface area contributed by atoms with Gasteiger partial charge in [0.25, 0.3) is 5.91 Å². The molecule has 1 aromatic heterocycles. The molecule has 2 amide bonds. The molecule has 33 heavy (non-hydrogen) atoms. The van der Waals surface area contributed by atoms with Gasteiger partial charge < -0.3 is 15.1 Å². The Labute approximate surface area is 197 Å². The minimum absolute atomic E-state index is 0.0476. The van der Waals surface area contributed by atoms with Crippen molar-refractivity contribution in [2.24, 2.45) is 11.8 Å². The Kier molecular flexibility index (Phi) is 6.21. The predicted octanol–water partition coefficient (Wildman–Crippen LogP) is 3.93. The van der Waals surface area contributed by atoms with Gasteiger partial charge >= 0.3 is 0 Å². The van der Waals surface area contributed by atoms with Crippen LogP contribution in [-0.4, -0.2) is 53.4 Å². The summed E-state index contributed by atoms with van der Waals surface area (Å²) < 4.78 is 0. The highest BCUT2D eigenvalue weighted by Gasteiger charge is 2.49. The van der Waals surface area contributed by atoms with Gasteiger partial charge in [-0.05, 0) is 68.4 Å². The average Bonchev–Trinajstić information content (AvgIpc) is 3.02. The number of aryl methyl sites for hydroxylation is 2. The molecule has 0 spiro atoms. The number of piperazine rings is 1. The number of nitrogens with zero attached hydrogens (tertiary/aromatic N) is 3. The molecule has 2 aliphatic heterocycles. The molecular weight excluding hydrogens is 412 g/mol. The van der Waals surface area contributed by atoms with E-state index in [1.165, 1.54) is 5.56 Å². The maximum absolute atomic E-state index is 13.1. The molecular formula is C27H36N4O2. The van der Waals surface area contributed by atoms with Crippen molar-refractivity contribution in [3.05, 3.63) is 58.8 Å². The number of hydrogen-bond acceptors (Lipinski definition) is 4. The van der Waals surface area contributed by atoms with E-state index in [2.05, 4.69) is 62.8 Å². The smallest absolute Gasteiger partial charge is 0.253 e. The fourth-order valence-corrected chi connectivity index (χ4v) is 5.81. The van der Waals surface area contributed by atoms with E-state index in [0.29, 0.717) is 24.6 Å². The van der Waals surface area contributed by atoms with E-state index in [1.807, 2.05) is 35.4 Å². The maximum Gasteiger partial charge on any atom is 0.253 e. The van der Waals surface area contributed by atoms with Crippen molar-refractivity contribution in [3.63, 3.8) is 0 Å². The van der Waals surface area contributed by atoms with Crippen LogP contribution in [-0.2, 0) is 4.79 Å². The quantitative estimate of drug-likeness (QED) is 0.770. The Morgan fingerprint density at radius 3 is 2.30 bits per heavy atom. The molecule has 2 atom stereocenters. The van der Waals surface area contributed by atoms with Crippen LogP contribution in [0.2, 0.25) is 0 Å². The number of carbonyl (C=O) groups is 2. The lowest BCUT2D eigenvalue weighted by Gasteiger charge is -2.36. The number of anilines is 1. The van der Waals surface area contributed by atoms with Gasteiger partial charge in [-0.1, -0.05) is 32.0 Å². The molecule has 1 aromatic carbocycles. The summed E-state index contributed by atoms with van der Waals surface area (Å²) >= 11 is 0. The van der Waals surface area contributed by atoms with Crippen molar-refractivity contribution in [1.82, 2.24) is 15.2 Å². The summed E-state index contributed by atoms with van der Waals surface area (Å²) in [6.45, 7) is 15.6. The summed E-state index contributed by atoms with van der Waals surface area (Å²) in [5.41, 5.74) is 3.75. The molecule has 1 unspecified atom stereocenters. The highest BCUT2D eigenvalue weighted by atomic mass is 16.2. The van der Waals surface area contributed by atoms with Crippen molar-refractivity contribution in [2.75, 3.05) is 31.1 Å². The topological polar surface area (TPSA) is 65.5 Å². The molecule has 0 saturated carbocycles. The Morgan fingerprint density at radius 1 is 1.09 bits per heavy atom. The van der Waals surface area contributed by atoms with E-state index in [1.54, 1.807) is 0 Å². The number of rotatable bonds is 4. The van der Waals surface area contributed by atoms with Crippen molar-refractivity contribution < 1.29 is 9.59 Å². The predicted molar refractivity (Wildman–Crippen MR) is 132 cm³/mol. The standard InChI is InChI=1S/C27H36N4O2/c1-17(2)23-22(25(32)29-27(23,5)6)20-7-9-21(10-8-20)26(33)31-13-11-30(12-14-31)24-19(4)15-18(3)16-28-24/h7-10,15-17,22-23H,11-14H2,1-6H3,(H,29,32)/t22-,23?/m0/s1. The molecule has 0 bridgehead atoms. The zero-order valence-corrected chi connectivity index (χ0v) is 20.7. The molecule has 2 aromatic rings. The molecule has 6 nitrogen and oxygen atoms in total. The van der Waals surface area contributed by atoms with Crippen LogP contribution in [0.3, 0.4) is 0 Å². The van der Waals surface area contributed by atoms with Crippen LogP contribution in [0.1, 0.15) is 60.7 Å². The molecule has 4 rings (SSSR count). The summed E-state index contributed by atoms with van der Waals surface area (Å²) in [6, 6.07) is 9.84. The van der Waals surface area contributed by atoms with Gasteiger partial charge in [-0.25, -0.2) is 4.98 Å². The summed E-state index contributed by atoms with van der Waals surface area (Å²) in [6.07, 6.45) is 1.90. The molecule has 0 aliphatic carbocycles. The largest absolute Gasteiger partial charge is 0.353 e. The van der Waals surface area contributed by atoms with Gasteiger partial charge in [0.1, 0.15) is 5.82 Å². The SMILES string of the molecule is Cc1cnc(N2CCN(C(=O)c3ccc([C@@H]4C(=O)NC(C)(C)C4C(C)C)cc3)CC2)c(C)c1. The van der Waals surface area contributed by atoms with Crippen LogP contribution in [0.5, 0.6) is 0 Å². The highest BCUT2D eigenvalue weighted by molar-refractivity contribution is 5.95. The number of hydrogen-bond donors (Lipinski definition) is 1. The molecule has 3 heterocycles. The summed E-state index contributed by atoms with van der Waals surface area (Å²) in [5.74, 6) is 1.53. The number of pyridine rings is 1. The fourth-order valence-electron chi connectivity index (χ4n) is 5.81. The van der Waals surface area contributed by atoms with Crippen molar-refractivity contribution in [3.8, 4) is 0 Å². The van der Waals surface area contributed by atoms with E-state index in [4.69, 9.17) is 0 Å². The van der Waals surface area contributed by atoms with Crippen LogP contribution in [0.15, 0.2) is 36.5 Å². The second-order valence-electron chi connectivity index (χ2n) is 10.5. The van der Waals surface area contributed by atoms with Crippen LogP contribution < -0.4 is 10.2 Å². The molecule has 0 radical (unpaired) electrons. The van der Waals surface area contributed by atoms with Crippen molar-refractivity contribution in [2.45, 2.75) is 53.0 Å². The Morgan fingerprint density at radius 2 is 1.73 bits per heavy atom. The first-order valence-corrected chi connectivity index (χ1v) is 12.0. The first kappa shape index (κ1) is 23.3. The van der Waals surface area contributed by atoms with E-state index in [0.717, 1.165) is 30.0 Å². The Bertz CT molecular complexity index is 1040. The minimum atomic E-state index is -0.241. The molecule has 2 fully saturated rings. The zero-order chi connectivity index (χ0) is 23.9. The monoisotopic (exact) mass is 448 g/mol. The number of benzene rings is 1. The van der Waals surface area contributed by atoms with Crippen molar-refractivity contribution >= 4 is 17.6 Å². The van der Waals surface area contributed by atoms with E-state index < -0.39 is 0 Å². The molecule has 1 N–H and O–H groups in total. The molecule has 2 aliphatic rings. The van der Waals surface area contributed by atoms with Gasteiger partial charge in [-0.3, -0.25) is 9.59 Å². The first-order valence-electron chi connectivity index (χ1n) is 12.0. The number of aromatic nitrogens is 1. The number of nitrogens with one attached hydrogen (secondary N) is 1. The Balaban J connectivity index is 1.43. The normalized spacial score (nSPS) is 22.6. The van der Waals surface area contributed by atoms with E-state index in [9.17, 15) is 9.59 Å². The van der Waals surface area contributed by atoms with Gasteiger partial charge in [0.2, 0.25) is 5.91 Å². The third kappa shape index (κ3) is 4.48. The van der Waals surface area contributed by atoms with Crippen molar-refractivity contribution in [1.29, 1.82) is 0 Å². The van der Waals surface area contributed by atoms with Crippen LogP contribution in [0.4, 0.5) is 5.82 Å². The lowest BCUT2D eigenvalue weighted by atomic mass is 9.72. The summed E-state index contributed by atoms with van der Waals surface area (Å²) in [7, 11) is 0. The average molecular weight is 449 g/mol. The third-order valence-electron chi connectivity index (χ3n) is 7.21. The molecule has 176 valence electrons. The number of carbonyl (C=O) groups excluding carboxylic acids is 2. The van der Waals surface area contributed by atoms with Gasteiger partial charge in [0, 0.05) is 43.5 Å². The third-order valence-corrected chi connectivity index (χ3v) is 7.21. The lowest BCUT2D eigenvalue weighted by Crippen LogP contribution is -2.49. The maximum atomic E-state index is 13.1. The van der Waals surface area contributed by atoms with Crippen LogP contribution in [0, 0.1) is 25.7 Å². The van der Waals surface area contributed by atoms with Gasteiger partial charge in [0.15, 0.2) is 0 Å². The van der Waals surface area contributed by atoms with Gasteiger partial charge in [-0.2, -0.15) is 0 Å². The lowest BCUT2D eigenvalue weighted by molar-refractivity contribution is -0.121. The summed E-state index contributed by atoms with van der Waals surface area (Å²) in [5, 5.41) is 3.16. The second-order valence-corrected chi connectivity index (χ2v) is 10.5. The summed E-state index contributed by atoms with van der Waals surface area (Å²) in [4.78, 5) is 34.7. The molecule has 2 saturated heterocycles. The number of amides is 2. The second kappa shape index (κ2) is 8.81. The fraction of sp³-hybridized carbons (Fsp3) is 0.519. The Hall–Kier alpha value is -2.89. The van der Waals surface area contributed by atoms with Gasteiger partial charge in [0.05, 0.1) is 5.92 Å². The van der Waals surface area contributed by atoms with Gasteiger partial charge in [-0.15, -0.1) is 0 Å².